The van der Waals surface area contributed by atoms with Gasteiger partial charge in [-0.2, -0.15) is 0 Å². The summed E-state index contributed by atoms with van der Waals surface area (Å²) in [5, 5.41) is 19.4. The summed E-state index contributed by atoms with van der Waals surface area (Å²) in [5.41, 5.74) is 8.65. The minimum absolute atomic E-state index is 0.0226. The largest absolute Gasteiger partial charge is 0.506 e. The molecule has 2 atom stereocenters. The number of aromatic nitrogens is 1. The third-order valence-electron chi connectivity index (χ3n) is 15.3. The number of hydrogen-bond donors (Lipinski definition) is 4. The molecule has 12 rings (SSSR count). The van der Waals surface area contributed by atoms with Crippen LogP contribution in [0, 0.1) is 28.6 Å². The van der Waals surface area contributed by atoms with Gasteiger partial charge in [-0.1, -0.05) is 86.6 Å². The highest BCUT2D eigenvalue weighted by Crippen LogP contribution is 2.75. The molecule has 2 bridgehead atoms. The number of aromatic amines is 1. The van der Waals surface area contributed by atoms with Crippen LogP contribution < -0.4 is 20.4 Å². The smallest absolute Gasteiger partial charge is 0.407 e. The molecule has 14 heteroatoms. The molecule has 342 valence electrons. The fraction of sp³-hybridized carbons (Fsp3) is 0.358. The van der Waals surface area contributed by atoms with E-state index in [9.17, 15) is 29.2 Å². The monoisotopic (exact) mass is 919 g/mol. The second-order valence-electron chi connectivity index (χ2n) is 19.8. The van der Waals surface area contributed by atoms with Crippen molar-refractivity contribution in [3.63, 3.8) is 0 Å². The Hall–Kier alpha value is -6.73. The lowest BCUT2D eigenvalue weighted by atomic mass is 9.34. The highest BCUT2D eigenvalue weighted by molar-refractivity contribution is 6.19. The molecule has 67 heavy (non-hydrogen) atoms. The van der Waals surface area contributed by atoms with Gasteiger partial charge >= 0.3 is 6.09 Å². The first-order valence-corrected chi connectivity index (χ1v) is 23.7. The summed E-state index contributed by atoms with van der Waals surface area (Å²) in [6.45, 7) is 6.19. The SMILES string of the molecule is Cc1c[nH]c2c(O)cc3c(c12)C(CCl)CN3C(=O)C12CC(C(=O)N3CCc4c3cc(NC(=O)C[N+](=O)CC(NC(=O)OCC3c5ccccc5-c5ccccc53)C(C)C)c3ccccc43)(C1)C2. The summed E-state index contributed by atoms with van der Waals surface area (Å²) in [5.74, 6) is -0.482. The van der Waals surface area contributed by atoms with Crippen LogP contribution in [0.1, 0.15) is 72.8 Å². The topological polar surface area (TPSA) is 164 Å². The zero-order valence-corrected chi connectivity index (χ0v) is 38.4. The lowest BCUT2D eigenvalue weighted by Gasteiger charge is -2.69. The summed E-state index contributed by atoms with van der Waals surface area (Å²) in [6.07, 6.45) is 3.20. The lowest BCUT2D eigenvalue weighted by Crippen LogP contribution is -2.72. The number of H-pyrrole nitrogens is 1. The van der Waals surface area contributed by atoms with Crippen molar-refractivity contribution < 1.29 is 33.8 Å². The minimum atomic E-state index is -0.659. The normalized spacial score (nSPS) is 21.3. The third-order valence-corrected chi connectivity index (χ3v) is 15.7. The number of alkyl halides is 1. The molecule has 0 spiro atoms. The van der Waals surface area contributed by atoms with Gasteiger partial charge < -0.3 is 35.3 Å². The molecular weight excluding hydrogens is 868 g/mol. The Morgan fingerprint density at radius 2 is 1.54 bits per heavy atom. The van der Waals surface area contributed by atoms with Gasteiger partial charge in [0.15, 0.2) is 0 Å². The predicted octanol–water partition coefficient (Wildman–Crippen LogP) is 9.04. The Morgan fingerprint density at radius 3 is 2.21 bits per heavy atom. The van der Waals surface area contributed by atoms with Crippen LogP contribution in [0.2, 0.25) is 0 Å². The fourth-order valence-electron chi connectivity index (χ4n) is 12.1. The number of phenolic OH excluding ortho intramolecular Hbond substituents is 1. The van der Waals surface area contributed by atoms with E-state index in [4.69, 9.17) is 16.3 Å². The van der Waals surface area contributed by atoms with Gasteiger partial charge in [-0.15, -0.1) is 11.6 Å². The van der Waals surface area contributed by atoms with Crippen molar-refractivity contribution in [1.82, 2.24) is 10.3 Å². The second kappa shape index (κ2) is 16.0. The maximum Gasteiger partial charge on any atom is 0.407 e. The van der Waals surface area contributed by atoms with Crippen molar-refractivity contribution >= 4 is 74.2 Å². The van der Waals surface area contributed by atoms with E-state index in [1.54, 1.807) is 11.0 Å². The number of aromatic hydroxyl groups is 1. The summed E-state index contributed by atoms with van der Waals surface area (Å²) < 4.78 is 6.41. The van der Waals surface area contributed by atoms with Crippen LogP contribution in [0.5, 0.6) is 5.75 Å². The van der Waals surface area contributed by atoms with E-state index in [-0.39, 0.29) is 48.5 Å². The molecule has 6 aromatic rings. The molecule has 4 aliphatic carbocycles. The summed E-state index contributed by atoms with van der Waals surface area (Å²) in [6, 6.07) is 26.8. The molecule has 13 nitrogen and oxygen atoms in total. The van der Waals surface area contributed by atoms with Gasteiger partial charge in [-0.3, -0.25) is 14.4 Å². The molecule has 3 saturated carbocycles. The number of alkyl carbamates (subject to hydrolysis) is 1. The number of nitrogens with one attached hydrogen (secondary N) is 3. The Kier molecular flexibility index (Phi) is 10.2. The molecule has 2 unspecified atom stereocenters. The number of phenols is 1. The number of nitrogens with zero attached hydrogens (tertiary/aromatic N) is 3. The number of nitroso groups, excluding NO2 is 1. The van der Waals surface area contributed by atoms with Gasteiger partial charge in [0, 0.05) is 69.2 Å². The van der Waals surface area contributed by atoms with Gasteiger partial charge in [0.2, 0.25) is 18.4 Å². The van der Waals surface area contributed by atoms with Crippen LogP contribution in [-0.2, 0) is 25.5 Å². The van der Waals surface area contributed by atoms with Gasteiger partial charge in [0.25, 0.3) is 12.5 Å². The number of hydrogen-bond acceptors (Lipinski definition) is 7. The van der Waals surface area contributed by atoms with E-state index < -0.39 is 35.4 Å². The molecule has 1 aromatic heterocycles. The van der Waals surface area contributed by atoms with Crippen LogP contribution in [0.15, 0.2) is 91.1 Å². The molecule has 5 aromatic carbocycles. The van der Waals surface area contributed by atoms with Crippen LogP contribution >= 0.6 is 11.6 Å². The molecule has 6 aliphatic rings. The molecule has 0 radical (unpaired) electrons. The van der Waals surface area contributed by atoms with E-state index in [2.05, 4.69) is 39.9 Å². The van der Waals surface area contributed by atoms with Crippen molar-refractivity contribution in [2.24, 2.45) is 16.7 Å². The van der Waals surface area contributed by atoms with Gasteiger partial charge in [0.05, 0.1) is 33.8 Å². The number of benzene rings is 5. The minimum Gasteiger partial charge on any atom is -0.506 e. The zero-order valence-electron chi connectivity index (χ0n) is 37.7. The summed E-state index contributed by atoms with van der Waals surface area (Å²) in [7, 11) is 0. The Balaban J connectivity index is 0.741. The number of fused-ring (bicyclic) bond motifs is 9. The summed E-state index contributed by atoms with van der Waals surface area (Å²) >= 11 is 6.48. The number of ether oxygens (including phenoxy) is 1. The molecule has 0 saturated heterocycles. The Bertz CT molecular complexity index is 3040. The van der Waals surface area contributed by atoms with Gasteiger partial charge in [-0.25, -0.2) is 4.79 Å². The number of aryl methyl sites for hydroxylation is 1. The van der Waals surface area contributed by atoms with Crippen LogP contribution in [0.25, 0.3) is 32.8 Å². The van der Waals surface area contributed by atoms with Crippen LogP contribution in [0.3, 0.4) is 0 Å². The Morgan fingerprint density at radius 1 is 0.896 bits per heavy atom. The molecular formula is C53H52ClN6O7+. The number of carbonyl (C=O) groups is 4. The molecule has 3 fully saturated rings. The third kappa shape index (κ3) is 6.78. The number of amides is 4. The molecule has 4 N–H and O–H groups in total. The van der Waals surface area contributed by atoms with Gasteiger partial charge in [0.1, 0.15) is 12.4 Å². The van der Waals surface area contributed by atoms with Crippen LogP contribution in [-0.4, -0.2) is 83.4 Å². The van der Waals surface area contributed by atoms with Crippen LogP contribution in [0.4, 0.5) is 21.9 Å². The Labute approximate surface area is 392 Å². The van der Waals surface area contributed by atoms with E-state index >= 15 is 0 Å². The highest BCUT2D eigenvalue weighted by atomic mass is 35.5. The van der Waals surface area contributed by atoms with E-state index in [1.165, 1.54) is 0 Å². The first-order chi connectivity index (χ1) is 32.3. The fourth-order valence-corrected chi connectivity index (χ4v) is 12.3. The number of carbonyl (C=O) groups excluding carboxylic acids is 4. The predicted molar refractivity (Wildman–Crippen MR) is 258 cm³/mol. The first-order valence-electron chi connectivity index (χ1n) is 23.2. The number of halogens is 1. The summed E-state index contributed by atoms with van der Waals surface area (Å²) in [4.78, 5) is 75.9. The first kappa shape index (κ1) is 42.9. The second-order valence-corrected chi connectivity index (χ2v) is 20.1. The maximum atomic E-state index is 14.6. The van der Waals surface area contributed by atoms with Crippen molar-refractivity contribution in [1.29, 1.82) is 0 Å². The van der Waals surface area contributed by atoms with Crippen molar-refractivity contribution in [3.8, 4) is 16.9 Å². The lowest BCUT2D eigenvalue weighted by molar-refractivity contribution is -0.540. The van der Waals surface area contributed by atoms with E-state index in [0.717, 1.165) is 60.8 Å². The number of rotatable bonds is 12. The van der Waals surface area contributed by atoms with Crippen molar-refractivity contribution in [2.75, 3.05) is 53.8 Å². The molecule has 3 heterocycles. The number of anilines is 3. The average Bonchev–Trinajstić information content (AvgIpc) is 4.06. The quantitative estimate of drug-likeness (QED) is 0.0703. The van der Waals surface area contributed by atoms with Gasteiger partial charge in [-0.05, 0) is 88.9 Å². The van der Waals surface area contributed by atoms with Crippen molar-refractivity contribution in [3.05, 3.63) is 124 Å². The molecule has 4 amide bonds. The highest BCUT2D eigenvalue weighted by Gasteiger charge is 2.76. The standard InChI is InChI=1S/C53H51ClN6O7/c1-29(2)41(57-51(65)67-25-39-34-12-6-4-10-32(34)33-11-5-7-13-35(33)39)23-58(66)24-45(62)56-40-18-42-38(36-14-8-9-15-37(36)40)16-17-59(42)49(63)52-26-53(27-52,28-52)50(64)60-22-31(20-54)47-43(60)19-44(61)48-46(47)30(3)21-55-48/h4-15,18-19,21,29,31,39,41,55H,16-17,20,22-28H2,1-3H3,(H2-,56,57,61,62,65)/p+1. The van der Waals surface area contributed by atoms with E-state index in [0.29, 0.717) is 66.3 Å². The van der Waals surface area contributed by atoms with Crippen molar-refractivity contribution in [2.45, 2.75) is 64.3 Å². The maximum absolute atomic E-state index is 14.6. The zero-order chi connectivity index (χ0) is 46.5. The molecule has 2 aliphatic heterocycles. The van der Waals surface area contributed by atoms with E-state index in [1.807, 2.05) is 86.5 Å². The average molecular weight is 920 g/mol.